The third-order valence-electron chi connectivity index (χ3n) is 5.91. The summed E-state index contributed by atoms with van der Waals surface area (Å²) < 4.78 is 1.85. The van der Waals surface area contributed by atoms with E-state index in [1.54, 1.807) is 11.0 Å². The van der Waals surface area contributed by atoms with Crippen molar-refractivity contribution >= 4 is 23.4 Å². The second-order valence-electron chi connectivity index (χ2n) is 8.27. The number of benzene rings is 1. The Morgan fingerprint density at radius 1 is 1.19 bits per heavy atom. The molecule has 0 radical (unpaired) electrons. The summed E-state index contributed by atoms with van der Waals surface area (Å²) in [6, 6.07) is 9.34. The molecule has 0 aliphatic carbocycles. The topological polar surface area (TPSA) is 108 Å². The number of fused-ring (bicyclic) bond motifs is 1. The SMILES string of the molecule is Cc1cc(C)n(CCNC(=O)CN2CC[C@@]3(CCC2=O)NC(=O)c2ccccc2N3)n1. The highest BCUT2D eigenvalue weighted by atomic mass is 16.2. The minimum Gasteiger partial charge on any atom is -0.362 e. The zero-order valence-corrected chi connectivity index (χ0v) is 17.9. The number of hydrogen-bond donors (Lipinski definition) is 3. The molecule has 1 aromatic heterocycles. The number of aryl methyl sites for hydroxylation is 2. The van der Waals surface area contributed by atoms with Crippen molar-refractivity contribution in [3.8, 4) is 0 Å². The molecule has 0 unspecified atom stereocenters. The van der Waals surface area contributed by atoms with Crippen LogP contribution in [0.4, 0.5) is 5.69 Å². The van der Waals surface area contributed by atoms with Gasteiger partial charge in [-0.3, -0.25) is 19.1 Å². The zero-order chi connectivity index (χ0) is 22.0. The standard InChI is InChI=1S/C22H28N6O3/c1-15-13-16(2)28(26-15)12-10-23-19(29)14-27-11-9-22(8-7-20(27)30)24-18-6-4-3-5-17(18)21(31)25-22/h3-6,13,24H,7-12,14H2,1-2H3,(H,23,29)(H,25,31)/t22-/m1/s1. The Labute approximate surface area is 181 Å². The molecule has 1 saturated heterocycles. The van der Waals surface area contributed by atoms with Crippen LogP contribution in [0.2, 0.25) is 0 Å². The molecule has 0 bridgehead atoms. The summed E-state index contributed by atoms with van der Waals surface area (Å²) in [6.45, 7) is 5.33. The van der Waals surface area contributed by atoms with Gasteiger partial charge in [-0.1, -0.05) is 12.1 Å². The molecule has 1 fully saturated rings. The number of likely N-dealkylation sites (tertiary alicyclic amines) is 1. The lowest BCUT2D eigenvalue weighted by atomic mass is 9.95. The van der Waals surface area contributed by atoms with Crippen molar-refractivity contribution in [3.63, 3.8) is 0 Å². The maximum absolute atomic E-state index is 12.6. The number of para-hydroxylation sites is 1. The molecule has 9 nitrogen and oxygen atoms in total. The molecule has 3 amide bonds. The van der Waals surface area contributed by atoms with Crippen LogP contribution in [0.5, 0.6) is 0 Å². The van der Waals surface area contributed by atoms with E-state index in [4.69, 9.17) is 0 Å². The molecule has 0 saturated carbocycles. The summed E-state index contributed by atoms with van der Waals surface area (Å²) in [5.41, 5.74) is 2.68. The van der Waals surface area contributed by atoms with Gasteiger partial charge in [-0.05, 0) is 38.5 Å². The molecule has 1 aromatic carbocycles. The van der Waals surface area contributed by atoms with Gasteiger partial charge < -0.3 is 20.9 Å². The quantitative estimate of drug-likeness (QED) is 0.668. The molecule has 2 aliphatic heterocycles. The first-order valence-corrected chi connectivity index (χ1v) is 10.6. The van der Waals surface area contributed by atoms with E-state index in [9.17, 15) is 14.4 Å². The average Bonchev–Trinajstić information content (AvgIpc) is 2.98. The van der Waals surface area contributed by atoms with Crippen LogP contribution in [0.15, 0.2) is 30.3 Å². The van der Waals surface area contributed by atoms with Gasteiger partial charge in [0.2, 0.25) is 11.8 Å². The highest BCUT2D eigenvalue weighted by Gasteiger charge is 2.40. The van der Waals surface area contributed by atoms with Crippen molar-refractivity contribution in [2.45, 2.75) is 45.3 Å². The second-order valence-corrected chi connectivity index (χ2v) is 8.27. The lowest BCUT2D eigenvalue weighted by Gasteiger charge is -2.39. The Morgan fingerprint density at radius 2 is 2.00 bits per heavy atom. The van der Waals surface area contributed by atoms with E-state index >= 15 is 0 Å². The van der Waals surface area contributed by atoms with Crippen molar-refractivity contribution in [2.24, 2.45) is 0 Å². The molecule has 3 N–H and O–H groups in total. The van der Waals surface area contributed by atoms with Crippen LogP contribution in [0.1, 0.15) is 41.0 Å². The van der Waals surface area contributed by atoms with Crippen LogP contribution >= 0.6 is 0 Å². The van der Waals surface area contributed by atoms with Gasteiger partial charge >= 0.3 is 0 Å². The fourth-order valence-corrected chi connectivity index (χ4v) is 4.27. The van der Waals surface area contributed by atoms with E-state index in [0.717, 1.165) is 17.1 Å². The van der Waals surface area contributed by atoms with E-state index in [2.05, 4.69) is 21.0 Å². The molecule has 2 aliphatic rings. The first kappa shape index (κ1) is 20.9. The highest BCUT2D eigenvalue weighted by molar-refractivity contribution is 6.02. The molecule has 31 heavy (non-hydrogen) atoms. The van der Waals surface area contributed by atoms with Gasteiger partial charge in [-0.15, -0.1) is 0 Å². The minimum atomic E-state index is -0.679. The highest BCUT2D eigenvalue weighted by Crippen LogP contribution is 2.31. The summed E-state index contributed by atoms with van der Waals surface area (Å²) >= 11 is 0. The van der Waals surface area contributed by atoms with E-state index in [-0.39, 0.29) is 30.7 Å². The molecule has 1 atom stereocenters. The number of aromatic nitrogens is 2. The van der Waals surface area contributed by atoms with Crippen LogP contribution in [0.3, 0.4) is 0 Å². The molecular weight excluding hydrogens is 396 g/mol. The van der Waals surface area contributed by atoms with Crippen LogP contribution in [-0.2, 0) is 16.1 Å². The number of rotatable bonds is 5. The normalized spacial score (nSPS) is 20.6. The van der Waals surface area contributed by atoms with E-state index in [1.165, 1.54) is 0 Å². The Kier molecular flexibility index (Phi) is 5.67. The summed E-state index contributed by atoms with van der Waals surface area (Å²) in [7, 11) is 0. The number of nitrogens with one attached hydrogen (secondary N) is 3. The summed E-state index contributed by atoms with van der Waals surface area (Å²) in [5, 5.41) is 13.7. The summed E-state index contributed by atoms with van der Waals surface area (Å²) in [5.74, 6) is -0.422. The van der Waals surface area contributed by atoms with Crippen LogP contribution < -0.4 is 16.0 Å². The van der Waals surface area contributed by atoms with Crippen LogP contribution in [0, 0.1) is 13.8 Å². The predicted molar refractivity (Wildman–Crippen MR) is 115 cm³/mol. The maximum Gasteiger partial charge on any atom is 0.255 e. The third kappa shape index (κ3) is 4.55. The number of carbonyl (C=O) groups excluding carboxylic acids is 3. The molecule has 164 valence electrons. The summed E-state index contributed by atoms with van der Waals surface area (Å²) in [4.78, 5) is 39.2. The van der Waals surface area contributed by atoms with Gasteiger partial charge in [0, 0.05) is 37.3 Å². The molecule has 1 spiro atoms. The first-order valence-electron chi connectivity index (χ1n) is 10.6. The van der Waals surface area contributed by atoms with E-state index in [1.807, 2.05) is 42.8 Å². The van der Waals surface area contributed by atoms with Crippen molar-refractivity contribution in [2.75, 3.05) is 25.0 Å². The van der Waals surface area contributed by atoms with Gasteiger partial charge in [-0.2, -0.15) is 5.10 Å². The molecule has 4 rings (SSSR count). The molecule has 9 heteroatoms. The summed E-state index contributed by atoms with van der Waals surface area (Å²) in [6.07, 6.45) is 1.26. The lowest BCUT2D eigenvalue weighted by Crippen LogP contribution is -2.58. The van der Waals surface area contributed by atoms with Crippen molar-refractivity contribution in [3.05, 3.63) is 47.3 Å². The largest absolute Gasteiger partial charge is 0.362 e. The Bertz CT molecular complexity index is 1020. The monoisotopic (exact) mass is 424 g/mol. The Morgan fingerprint density at radius 3 is 2.77 bits per heavy atom. The minimum absolute atomic E-state index is 0.0105. The number of amides is 3. The van der Waals surface area contributed by atoms with Gasteiger partial charge in [0.1, 0.15) is 5.66 Å². The lowest BCUT2D eigenvalue weighted by molar-refractivity contribution is -0.135. The molecule has 2 aromatic rings. The van der Waals surface area contributed by atoms with E-state index < -0.39 is 5.66 Å². The number of carbonyl (C=O) groups is 3. The number of nitrogens with zero attached hydrogens (tertiary/aromatic N) is 3. The van der Waals surface area contributed by atoms with Crippen molar-refractivity contribution < 1.29 is 14.4 Å². The van der Waals surface area contributed by atoms with Gasteiger partial charge in [-0.25, -0.2) is 0 Å². The van der Waals surface area contributed by atoms with Crippen LogP contribution in [-0.4, -0.2) is 57.7 Å². The van der Waals surface area contributed by atoms with Crippen molar-refractivity contribution in [1.29, 1.82) is 0 Å². The third-order valence-corrected chi connectivity index (χ3v) is 5.91. The average molecular weight is 425 g/mol. The Hall–Kier alpha value is -3.36. The van der Waals surface area contributed by atoms with Gasteiger partial charge in [0.25, 0.3) is 5.91 Å². The fraction of sp³-hybridized carbons (Fsp3) is 0.455. The van der Waals surface area contributed by atoms with Gasteiger partial charge in [0.05, 0.1) is 24.3 Å². The van der Waals surface area contributed by atoms with E-state index in [0.29, 0.717) is 38.0 Å². The van der Waals surface area contributed by atoms with Gasteiger partial charge in [0.15, 0.2) is 0 Å². The molecular formula is C22H28N6O3. The zero-order valence-electron chi connectivity index (χ0n) is 17.9. The number of hydrogen-bond acceptors (Lipinski definition) is 5. The maximum atomic E-state index is 12.6. The molecule has 3 heterocycles. The number of anilines is 1. The Balaban J connectivity index is 1.32. The van der Waals surface area contributed by atoms with Crippen LogP contribution in [0.25, 0.3) is 0 Å². The van der Waals surface area contributed by atoms with Crippen molar-refractivity contribution in [1.82, 2.24) is 25.3 Å². The predicted octanol–water partition coefficient (Wildman–Crippen LogP) is 1.18. The first-order chi connectivity index (χ1) is 14.8. The second kappa shape index (κ2) is 8.41. The fourth-order valence-electron chi connectivity index (χ4n) is 4.27. The smallest absolute Gasteiger partial charge is 0.255 e.